The zero-order chi connectivity index (χ0) is 24.9. The maximum Gasteiger partial charge on any atom is 0.418 e. The number of amides is 3. The van der Waals surface area contributed by atoms with Crippen LogP contribution >= 0.6 is 22.9 Å². The summed E-state index contributed by atoms with van der Waals surface area (Å²) >= 11 is 6.14. The van der Waals surface area contributed by atoms with Crippen molar-refractivity contribution in [2.45, 2.75) is 12.2 Å². The molecule has 1 N–H and O–H groups in total. The van der Waals surface area contributed by atoms with E-state index >= 15 is 0 Å². The zero-order valence-corrected chi connectivity index (χ0v) is 18.3. The number of thiazole rings is 1. The van der Waals surface area contributed by atoms with Gasteiger partial charge in [-0.2, -0.15) is 18.4 Å². The number of alkyl halides is 3. The molecular formula is C19H10ClF5N6O2S. The summed E-state index contributed by atoms with van der Waals surface area (Å²) in [6.45, 7) is -0.328. The Bertz CT molecular complexity index is 1390. The van der Waals surface area contributed by atoms with E-state index in [1.54, 1.807) is 6.07 Å². The number of fused-ring (bicyclic) bond motifs is 1. The molecule has 2 aromatic heterocycles. The van der Waals surface area contributed by atoms with E-state index in [9.17, 15) is 31.5 Å². The van der Waals surface area contributed by atoms with Crippen molar-refractivity contribution in [3.05, 3.63) is 45.4 Å². The van der Waals surface area contributed by atoms with Gasteiger partial charge in [0.2, 0.25) is 0 Å². The molecular weight excluding hydrogens is 507 g/mol. The molecule has 3 heterocycles. The fourth-order valence-corrected chi connectivity index (χ4v) is 4.28. The number of carbonyl (C=O) groups is 2. The minimum Gasteiger partial charge on any atom is -0.335 e. The van der Waals surface area contributed by atoms with E-state index in [0.29, 0.717) is 22.3 Å². The van der Waals surface area contributed by atoms with E-state index in [-0.39, 0.29) is 16.4 Å². The van der Waals surface area contributed by atoms with Gasteiger partial charge in [-0.15, -0.1) is 0 Å². The Kier molecular flexibility index (Phi) is 5.78. The molecule has 1 aromatic carbocycles. The van der Waals surface area contributed by atoms with Crippen molar-refractivity contribution < 1.29 is 31.5 Å². The van der Waals surface area contributed by atoms with Crippen molar-refractivity contribution in [2.24, 2.45) is 0 Å². The largest absolute Gasteiger partial charge is 0.418 e. The zero-order valence-electron chi connectivity index (χ0n) is 16.7. The summed E-state index contributed by atoms with van der Waals surface area (Å²) in [6, 6.07) is 1.63. The van der Waals surface area contributed by atoms with Crippen molar-refractivity contribution in [2.75, 3.05) is 23.4 Å². The molecule has 1 atom stereocenters. The van der Waals surface area contributed by atoms with Crippen molar-refractivity contribution in [3.8, 4) is 6.07 Å². The molecule has 1 aliphatic rings. The number of likely N-dealkylation sites (N-methyl/N-ethyl adjacent to an activating group) is 1. The number of nitrogens with one attached hydrogen (secondary N) is 1. The highest BCUT2D eigenvalue weighted by Gasteiger charge is 2.42. The van der Waals surface area contributed by atoms with Crippen LogP contribution in [0.15, 0.2) is 18.2 Å². The Balaban J connectivity index is 1.78. The summed E-state index contributed by atoms with van der Waals surface area (Å²) in [4.78, 5) is 34.4. The van der Waals surface area contributed by atoms with E-state index in [1.165, 1.54) is 0 Å². The molecule has 0 unspecified atom stereocenters. The number of hydrogen-bond donors (Lipinski definition) is 1. The highest BCUT2D eigenvalue weighted by Crippen LogP contribution is 2.38. The lowest BCUT2D eigenvalue weighted by molar-refractivity contribution is -0.136. The van der Waals surface area contributed by atoms with Crippen LogP contribution in [0.5, 0.6) is 0 Å². The summed E-state index contributed by atoms with van der Waals surface area (Å²) in [5, 5.41) is 10.2. The molecule has 1 saturated heterocycles. The quantitative estimate of drug-likeness (QED) is 0.417. The van der Waals surface area contributed by atoms with Crippen LogP contribution in [-0.4, -0.2) is 41.5 Å². The van der Waals surface area contributed by atoms with Crippen LogP contribution in [0.25, 0.3) is 10.3 Å². The molecule has 0 spiro atoms. The fourth-order valence-electron chi connectivity index (χ4n) is 3.36. The lowest BCUT2D eigenvalue weighted by Gasteiger charge is -2.27. The average molecular weight is 517 g/mol. The lowest BCUT2D eigenvalue weighted by atomic mass is 10.2. The van der Waals surface area contributed by atoms with Gasteiger partial charge < -0.3 is 10.2 Å². The second kappa shape index (κ2) is 8.33. The average Bonchev–Trinajstić information content (AvgIpc) is 3.38. The highest BCUT2D eigenvalue weighted by atomic mass is 35.5. The van der Waals surface area contributed by atoms with Crippen molar-refractivity contribution in [1.29, 1.82) is 5.26 Å². The third-order valence-electron chi connectivity index (χ3n) is 4.97. The summed E-state index contributed by atoms with van der Waals surface area (Å²) in [7, 11) is 1.14. The van der Waals surface area contributed by atoms with Crippen LogP contribution in [0, 0.1) is 23.0 Å². The van der Waals surface area contributed by atoms with Gasteiger partial charge in [0.25, 0.3) is 5.91 Å². The summed E-state index contributed by atoms with van der Waals surface area (Å²) < 4.78 is 69.0. The molecule has 3 aromatic rings. The first-order valence-electron chi connectivity index (χ1n) is 9.21. The fraction of sp³-hybridized carbons (Fsp3) is 0.211. The Morgan fingerprint density at radius 1 is 1.35 bits per heavy atom. The summed E-state index contributed by atoms with van der Waals surface area (Å²) in [5.41, 5.74) is -2.22. The van der Waals surface area contributed by atoms with E-state index in [1.807, 2.05) is 0 Å². The number of carbonyl (C=O) groups excluding carboxylic acids is 2. The molecule has 15 heteroatoms. The molecule has 1 fully saturated rings. The first-order valence-corrected chi connectivity index (χ1v) is 10.4. The topological polar surface area (TPSA) is 102 Å². The predicted octanol–water partition coefficient (Wildman–Crippen LogP) is 4.07. The van der Waals surface area contributed by atoms with Gasteiger partial charge in [0.15, 0.2) is 10.8 Å². The van der Waals surface area contributed by atoms with Crippen LogP contribution in [0.2, 0.25) is 5.02 Å². The molecule has 0 aliphatic carbocycles. The molecule has 3 amide bonds. The van der Waals surface area contributed by atoms with Crippen LogP contribution in [0.4, 0.5) is 38.3 Å². The second-order valence-corrected chi connectivity index (χ2v) is 8.33. The van der Waals surface area contributed by atoms with E-state index in [4.69, 9.17) is 16.9 Å². The predicted molar refractivity (Wildman–Crippen MR) is 112 cm³/mol. The molecule has 176 valence electrons. The Morgan fingerprint density at radius 3 is 2.71 bits per heavy atom. The van der Waals surface area contributed by atoms with Crippen LogP contribution in [0.3, 0.4) is 0 Å². The summed E-state index contributed by atoms with van der Waals surface area (Å²) in [5.74, 6) is -3.71. The number of halogens is 6. The Labute approximate surface area is 196 Å². The van der Waals surface area contributed by atoms with Gasteiger partial charge in [0.05, 0.1) is 11.3 Å². The van der Waals surface area contributed by atoms with E-state index in [0.717, 1.165) is 24.1 Å². The smallest absolute Gasteiger partial charge is 0.335 e. The van der Waals surface area contributed by atoms with Gasteiger partial charge >= 0.3 is 12.2 Å². The minimum atomic E-state index is -4.91. The highest BCUT2D eigenvalue weighted by molar-refractivity contribution is 7.18. The minimum absolute atomic E-state index is 0.267. The summed E-state index contributed by atoms with van der Waals surface area (Å²) in [6.07, 6.45) is -4.91. The molecule has 4 rings (SSSR count). The SMILES string of the molecule is CN(C(=O)[C@@H]1CNC(=O)N1c1cc(C(F)(F)F)c2nc(C#N)sc2n1)c1ccc(F)c(Cl)c1F. The number of benzene rings is 1. The van der Waals surface area contributed by atoms with Crippen molar-refractivity contribution in [3.63, 3.8) is 0 Å². The molecule has 8 nitrogen and oxygen atoms in total. The van der Waals surface area contributed by atoms with Gasteiger partial charge in [0.1, 0.15) is 39.1 Å². The number of nitrogens with zero attached hydrogens (tertiary/aromatic N) is 5. The van der Waals surface area contributed by atoms with Gasteiger partial charge in [-0.25, -0.2) is 23.5 Å². The normalized spacial score (nSPS) is 16.0. The monoisotopic (exact) mass is 516 g/mol. The van der Waals surface area contributed by atoms with Gasteiger partial charge in [-0.1, -0.05) is 22.9 Å². The molecule has 0 bridgehead atoms. The number of pyridine rings is 1. The number of hydrogen-bond acceptors (Lipinski definition) is 6. The number of urea groups is 1. The number of anilines is 2. The number of nitriles is 1. The third-order valence-corrected chi connectivity index (χ3v) is 6.17. The Hall–Kier alpha value is -3.57. The molecule has 1 aliphatic heterocycles. The van der Waals surface area contributed by atoms with Crippen LogP contribution in [0.1, 0.15) is 10.6 Å². The molecule has 34 heavy (non-hydrogen) atoms. The standard InChI is InChI=1S/C19H10ClF5N6O2S/c1-30(9-3-2-8(21)13(20)14(9)22)17(32)10-6-27-18(33)31(10)11-4-7(19(23,24)25)15-16(28-11)34-12(5-26)29-15/h2-4,10H,6H2,1H3,(H,27,33)/t10-/m0/s1. The maximum atomic E-state index is 14.4. The van der Waals surface area contributed by atoms with E-state index in [2.05, 4.69) is 15.3 Å². The van der Waals surface area contributed by atoms with Gasteiger partial charge in [-0.05, 0) is 18.2 Å². The first-order chi connectivity index (χ1) is 15.9. The van der Waals surface area contributed by atoms with Crippen LogP contribution in [-0.2, 0) is 11.0 Å². The van der Waals surface area contributed by atoms with E-state index < -0.39 is 63.4 Å². The van der Waals surface area contributed by atoms with Crippen molar-refractivity contribution in [1.82, 2.24) is 15.3 Å². The maximum absolute atomic E-state index is 14.4. The molecule has 0 saturated carbocycles. The Morgan fingerprint density at radius 2 is 2.06 bits per heavy atom. The first kappa shape index (κ1) is 23.6. The molecule has 0 radical (unpaired) electrons. The van der Waals surface area contributed by atoms with Crippen LogP contribution < -0.4 is 15.1 Å². The van der Waals surface area contributed by atoms with Crippen molar-refractivity contribution >= 4 is 56.7 Å². The second-order valence-electron chi connectivity index (χ2n) is 6.97. The van der Waals surface area contributed by atoms with Gasteiger partial charge in [-0.3, -0.25) is 9.69 Å². The number of aromatic nitrogens is 2. The third kappa shape index (κ3) is 3.86. The number of rotatable bonds is 3. The van der Waals surface area contributed by atoms with Gasteiger partial charge in [0, 0.05) is 13.6 Å². The lowest BCUT2D eigenvalue weighted by Crippen LogP contribution is -2.47.